The number of hydrogen-bond acceptors (Lipinski definition) is 4. The van der Waals surface area contributed by atoms with Crippen molar-refractivity contribution in [2.75, 3.05) is 5.32 Å². The van der Waals surface area contributed by atoms with Crippen molar-refractivity contribution in [2.24, 2.45) is 0 Å². The number of halogens is 1. The van der Waals surface area contributed by atoms with E-state index in [0.717, 1.165) is 33.5 Å². The van der Waals surface area contributed by atoms with Crippen LogP contribution in [0.25, 0.3) is 22.2 Å². The van der Waals surface area contributed by atoms with Gasteiger partial charge in [0.2, 0.25) is 0 Å². The first-order valence-electron chi connectivity index (χ1n) is 7.66. The van der Waals surface area contributed by atoms with Crippen LogP contribution in [0, 0.1) is 0 Å². The van der Waals surface area contributed by atoms with Gasteiger partial charge in [-0.2, -0.15) is 5.10 Å². The van der Waals surface area contributed by atoms with E-state index in [1.165, 1.54) is 6.07 Å². The minimum Gasteiger partial charge on any atom is -0.355 e. The average Bonchev–Trinajstić information content (AvgIpc) is 2.63. The largest absolute Gasteiger partial charge is 0.355 e. The van der Waals surface area contributed by atoms with Crippen molar-refractivity contribution >= 4 is 33.9 Å². The van der Waals surface area contributed by atoms with E-state index < -0.39 is 0 Å². The van der Waals surface area contributed by atoms with Gasteiger partial charge in [-0.3, -0.25) is 9.78 Å². The minimum atomic E-state index is -0.216. The molecule has 0 saturated carbocycles. The first-order chi connectivity index (χ1) is 12.2. The van der Waals surface area contributed by atoms with Crippen LogP contribution in [0.5, 0.6) is 0 Å². The summed E-state index contributed by atoms with van der Waals surface area (Å²) >= 11 is 6.03. The number of aromatic amines is 1. The molecule has 0 saturated heterocycles. The van der Waals surface area contributed by atoms with E-state index in [9.17, 15) is 4.79 Å². The summed E-state index contributed by atoms with van der Waals surface area (Å²) in [6.45, 7) is 0. The Kier molecular flexibility index (Phi) is 3.91. The molecule has 0 amide bonds. The number of rotatable bonds is 3. The number of H-pyrrole nitrogens is 1. The van der Waals surface area contributed by atoms with Crippen molar-refractivity contribution in [1.82, 2.24) is 15.2 Å². The zero-order valence-corrected chi connectivity index (χ0v) is 13.8. The molecule has 122 valence electrons. The second-order valence-electron chi connectivity index (χ2n) is 5.53. The lowest BCUT2D eigenvalue weighted by Gasteiger charge is -2.10. The van der Waals surface area contributed by atoms with Crippen LogP contribution in [0.3, 0.4) is 0 Å². The summed E-state index contributed by atoms with van der Waals surface area (Å²) in [6, 6.07) is 18.5. The molecule has 0 aliphatic rings. The van der Waals surface area contributed by atoms with E-state index in [4.69, 9.17) is 11.6 Å². The third-order valence-electron chi connectivity index (χ3n) is 3.84. The molecule has 25 heavy (non-hydrogen) atoms. The van der Waals surface area contributed by atoms with Crippen LogP contribution >= 0.6 is 11.6 Å². The minimum absolute atomic E-state index is 0.216. The predicted molar refractivity (Wildman–Crippen MR) is 100 cm³/mol. The Morgan fingerprint density at radius 1 is 0.960 bits per heavy atom. The van der Waals surface area contributed by atoms with Crippen LogP contribution in [-0.4, -0.2) is 15.2 Å². The van der Waals surface area contributed by atoms with Crippen LogP contribution in [0.1, 0.15) is 0 Å². The van der Waals surface area contributed by atoms with Gasteiger partial charge in [0, 0.05) is 39.6 Å². The molecule has 5 nitrogen and oxygen atoms in total. The third-order valence-corrected chi connectivity index (χ3v) is 4.08. The van der Waals surface area contributed by atoms with Gasteiger partial charge in [0.05, 0.1) is 11.2 Å². The van der Waals surface area contributed by atoms with E-state index in [1.54, 1.807) is 12.3 Å². The molecule has 0 aliphatic heterocycles. The first kappa shape index (κ1) is 15.4. The molecular formula is C19H13ClN4O. The highest BCUT2D eigenvalue weighted by Crippen LogP contribution is 2.28. The third kappa shape index (κ3) is 3.22. The van der Waals surface area contributed by atoms with Gasteiger partial charge in [-0.25, -0.2) is 5.10 Å². The number of pyridine rings is 1. The summed E-state index contributed by atoms with van der Waals surface area (Å²) in [5.41, 5.74) is 4.16. The number of aromatic nitrogens is 3. The van der Waals surface area contributed by atoms with Crippen molar-refractivity contribution in [3.8, 4) is 11.3 Å². The van der Waals surface area contributed by atoms with Gasteiger partial charge < -0.3 is 5.32 Å². The maximum atomic E-state index is 11.1. The zero-order chi connectivity index (χ0) is 17.2. The second-order valence-corrected chi connectivity index (χ2v) is 5.97. The zero-order valence-electron chi connectivity index (χ0n) is 13.0. The molecule has 2 N–H and O–H groups in total. The molecule has 2 heterocycles. The molecule has 0 bridgehead atoms. The van der Waals surface area contributed by atoms with Gasteiger partial charge in [0.1, 0.15) is 0 Å². The van der Waals surface area contributed by atoms with Crippen LogP contribution in [0.2, 0.25) is 5.02 Å². The quantitative estimate of drug-likeness (QED) is 0.576. The molecule has 4 rings (SSSR count). The number of fused-ring (bicyclic) bond motifs is 1. The van der Waals surface area contributed by atoms with Gasteiger partial charge in [-0.1, -0.05) is 23.7 Å². The van der Waals surface area contributed by atoms with E-state index in [0.29, 0.717) is 5.02 Å². The summed E-state index contributed by atoms with van der Waals surface area (Å²) in [4.78, 5) is 15.4. The van der Waals surface area contributed by atoms with Crippen molar-refractivity contribution in [3.05, 3.63) is 82.2 Å². The molecule has 2 aromatic heterocycles. The van der Waals surface area contributed by atoms with Gasteiger partial charge in [0.25, 0.3) is 5.56 Å². The number of nitrogens with one attached hydrogen (secondary N) is 2. The summed E-state index contributed by atoms with van der Waals surface area (Å²) in [7, 11) is 0. The number of hydrogen-bond donors (Lipinski definition) is 2. The maximum Gasteiger partial charge on any atom is 0.264 e. The Labute approximate surface area is 148 Å². The molecule has 4 aromatic rings. The normalized spacial score (nSPS) is 10.8. The lowest BCUT2D eigenvalue weighted by molar-refractivity contribution is 0.995. The Morgan fingerprint density at radius 3 is 2.56 bits per heavy atom. The molecule has 0 radical (unpaired) electrons. The molecule has 0 unspecified atom stereocenters. The van der Waals surface area contributed by atoms with Crippen LogP contribution < -0.4 is 10.9 Å². The summed E-state index contributed by atoms with van der Waals surface area (Å²) in [6.07, 6.45) is 1.75. The smallest absolute Gasteiger partial charge is 0.264 e. The molecule has 2 aromatic carbocycles. The predicted octanol–water partition coefficient (Wildman–Crippen LogP) is 4.38. The number of anilines is 2. The van der Waals surface area contributed by atoms with E-state index in [1.807, 2.05) is 48.5 Å². The van der Waals surface area contributed by atoms with Crippen LogP contribution in [-0.2, 0) is 0 Å². The van der Waals surface area contributed by atoms with E-state index in [-0.39, 0.29) is 5.56 Å². The first-order valence-corrected chi connectivity index (χ1v) is 8.04. The van der Waals surface area contributed by atoms with Gasteiger partial charge in [-0.15, -0.1) is 0 Å². The van der Waals surface area contributed by atoms with Crippen molar-refractivity contribution < 1.29 is 0 Å². The van der Waals surface area contributed by atoms with Crippen LogP contribution in [0.15, 0.2) is 71.7 Å². The Hall–Kier alpha value is -3.18. The van der Waals surface area contributed by atoms with Gasteiger partial charge >= 0.3 is 0 Å². The highest BCUT2D eigenvalue weighted by Gasteiger charge is 2.04. The number of benzene rings is 2. The van der Waals surface area contributed by atoms with E-state index in [2.05, 4.69) is 20.5 Å². The standard InChI is InChI=1S/C19H13ClN4O/c20-13-3-6-15-17(9-10-21-18(15)11-13)22-14-4-1-12(2-5-14)16-7-8-19(25)24-23-16/h1-11H,(H,21,22)(H,24,25). The topological polar surface area (TPSA) is 70.7 Å². The monoisotopic (exact) mass is 348 g/mol. The Balaban J connectivity index is 1.63. The fourth-order valence-electron chi connectivity index (χ4n) is 2.62. The van der Waals surface area contributed by atoms with Crippen molar-refractivity contribution in [3.63, 3.8) is 0 Å². The fourth-order valence-corrected chi connectivity index (χ4v) is 2.78. The molecular weight excluding hydrogens is 336 g/mol. The lowest BCUT2D eigenvalue weighted by atomic mass is 10.1. The summed E-state index contributed by atoms with van der Waals surface area (Å²) in [5.74, 6) is 0. The van der Waals surface area contributed by atoms with Crippen LogP contribution in [0.4, 0.5) is 11.4 Å². The average molecular weight is 349 g/mol. The summed E-state index contributed by atoms with van der Waals surface area (Å²) < 4.78 is 0. The molecule has 0 spiro atoms. The Bertz CT molecular complexity index is 1090. The Morgan fingerprint density at radius 2 is 1.80 bits per heavy atom. The van der Waals surface area contributed by atoms with Gasteiger partial charge in [0.15, 0.2) is 0 Å². The fraction of sp³-hybridized carbons (Fsp3) is 0. The van der Waals surface area contributed by atoms with Crippen molar-refractivity contribution in [1.29, 1.82) is 0 Å². The molecule has 0 fully saturated rings. The highest BCUT2D eigenvalue weighted by atomic mass is 35.5. The highest BCUT2D eigenvalue weighted by molar-refractivity contribution is 6.31. The van der Waals surface area contributed by atoms with Crippen molar-refractivity contribution in [2.45, 2.75) is 0 Å². The molecule has 0 atom stereocenters. The SMILES string of the molecule is O=c1ccc(-c2ccc(Nc3ccnc4cc(Cl)ccc34)cc2)n[nH]1. The summed E-state index contributed by atoms with van der Waals surface area (Å²) in [5, 5.41) is 11.5. The molecule has 6 heteroatoms. The lowest BCUT2D eigenvalue weighted by Crippen LogP contribution is -2.05. The number of nitrogens with zero attached hydrogens (tertiary/aromatic N) is 2. The maximum absolute atomic E-state index is 11.1. The molecule has 0 aliphatic carbocycles. The van der Waals surface area contributed by atoms with E-state index >= 15 is 0 Å². The second kappa shape index (κ2) is 6.37. The van der Waals surface area contributed by atoms with Gasteiger partial charge in [-0.05, 0) is 42.5 Å².